The van der Waals surface area contributed by atoms with Crippen LogP contribution in [0.25, 0.3) is 0 Å². The van der Waals surface area contributed by atoms with E-state index in [1.165, 1.54) is 13.2 Å². The highest BCUT2D eigenvalue weighted by molar-refractivity contribution is 9.10. The van der Waals surface area contributed by atoms with Gasteiger partial charge in [0.1, 0.15) is 5.60 Å². The lowest BCUT2D eigenvalue weighted by molar-refractivity contribution is -0.148. The second kappa shape index (κ2) is 5.45. The maximum atomic E-state index is 13.7. The Labute approximate surface area is 118 Å². The molecule has 0 atom stereocenters. The van der Waals surface area contributed by atoms with Crippen LogP contribution in [0, 0.1) is 11.6 Å². The van der Waals surface area contributed by atoms with Crippen molar-refractivity contribution in [2.24, 2.45) is 0 Å². The largest absolute Gasteiger partial charge is 0.483 e. The monoisotopic (exact) mass is 334 g/mol. The van der Waals surface area contributed by atoms with Crippen LogP contribution < -0.4 is 4.74 Å². The van der Waals surface area contributed by atoms with E-state index in [9.17, 15) is 13.6 Å². The summed E-state index contributed by atoms with van der Waals surface area (Å²) in [6, 6.07) is 2.38. The number of ether oxygens (including phenoxy) is 2. The van der Waals surface area contributed by atoms with E-state index in [4.69, 9.17) is 4.74 Å². The molecule has 3 nitrogen and oxygen atoms in total. The highest BCUT2D eigenvalue weighted by Crippen LogP contribution is 2.41. The molecule has 104 valence electrons. The minimum absolute atomic E-state index is 0.0388. The van der Waals surface area contributed by atoms with E-state index >= 15 is 0 Å². The predicted octanol–water partition coefficient (Wildman–Crippen LogP) is 3.59. The molecular formula is C13H13BrF2O3. The minimum Gasteiger partial charge on any atom is -0.483 e. The van der Waals surface area contributed by atoms with Gasteiger partial charge in [-0.3, -0.25) is 4.79 Å². The first kappa shape index (κ1) is 14.2. The molecular weight excluding hydrogens is 322 g/mol. The number of benzene rings is 1. The lowest BCUT2D eigenvalue weighted by Gasteiger charge is -2.41. The van der Waals surface area contributed by atoms with E-state index in [-0.39, 0.29) is 12.2 Å². The summed E-state index contributed by atoms with van der Waals surface area (Å²) in [5.74, 6) is -2.64. The van der Waals surface area contributed by atoms with Gasteiger partial charge in [-0.1, -0.05) is 15.9 Å². The molecule has 0 spiro atoms. The van der Waals surface area contributed by atoms with Gasteiger partial charge in [-0.25, -0.2) is 4.39 Å². The Hall–Kier alpha value is -1.17. The number of esters is 1. The van der Waals surface area contributed by atoms with Gasteiger partial charge >= 0.3 is 5.97 Å². The average molecular weight is 335 g/mol. The fourth-order valence-electron chi connectivity index (χ4n) is 2.06. The zero-order valence-corrected chi connectivity index (χ0v) is 11.9. The summed E-state index contributed by atoms with van der Waals surface area (Å²) in [6.45, 7) is 0. The summed E-state index contributed by atoms with van der Waals surface area (Å²) in [4.78, 5) is 11.3. The number of hydrogen-bond acceptors (Lipinski definition) is 3. The maximum absolute atomic E-state index is 13.7. The third kappa shape index (κ3) is 3.05. The van der Waals surface area contributed by atoms with Gasteiger partial charge in [0.25, 0.3) is 0 Å². The molecule has 0 aromatic heterocycles. The fraction of sp³-hybridized carbons (Fsp3) is 0.462. The van der Waals surface area contributed by atoms with Crippen molar-refractivity contribution >= 4 is 21.9 Å². The van der Waals surface area contributed by atoms with E-state index in [2.05, 4.69) is 20.7 Å². The Morgan fingerprint density at radius 3 is 2.63 bits per heavy atom. The first-order valence-electron chi connectivity index (χ1n) is 5.86. The molecule has 0 amide bonds. The molecule has 1 saturated carbocycles. The topological polar surface area (TPSA) is 35.5 Å². The number of methoxy groups -OCH3 is 1. The Morgan fingerprint density at radius 2 is 2.11 bits per heavy atom. The van der Waals surface area contributed by atoms with E-state index in [1.807, 2.05) is 0 Å². The summed E-state index contributed by atoms with van der Waals surface area (Å²) >= 11 is 3.08. The Bertz CT molecular complexity index is 501. The smallest absolute Gasteiger partial charge is 0.309 e. The molecule has 0 aliphatic heterocycles. The predicted molar refractivity (Wildman–Crippen MR) is 67.9 cm³/mol. The minimum atomic E-state index is -1.04. The molecule has 0 bridgehead atoms. The van der Waals surface area contributed by atoms with Crippen molar-refractivity contribution in [3.05, 3.63) is 28.2 Å². The highest BCUT2D eigenvalue weighted by Gasteiger charge is 2.42. The van der Waals surface area contributed by atoms with Crippen LogP contribution in [0.4, 0.5) is 8.78 Å². The van der Waals surface area contributed by atoms with Crippen molar-refractivity contribution in [2.75, 3.05) is 7.11 Å². The van der Waals surface area contributed by atoms with Gasteiger partial charge in [-0.05, 0) is 31.4 Å². The van der Waals surface area contributed by atoms with E-state index in [0.29, 0.717) is 17.3 Å². The number of carbonyl (C=O) groups is 1. The van der Waals surface area contributed by atoms with Crippen molar-refractivity contribution in [1.82, 2.24) is 0 Å². The normalized spacial score (nSPS) is 16.6. The molecule has 1 aromatic rings. The molecule has 0 radical (unpaired) electrons. The fourth-order valence-corrected chi connectivity index (χ4v) is 2.47. The van der Waals surface area contributed by atoms with Crippen LogP contribution >= 0.6 is 15.9 Å². The van der Waals surface area contributed by atoms with Gasteiger partial charge in [0.05, 0.1) is 13.5 Å². The summed E-state index contributed by atoms with van der Waals surface area (Å²) in [7, 11) is 1.29. The van der Waals surface area contributed by atoms with E-state index < -0.39 is 23.2 Å². The summed E-state index contributed by atoms with van der Waals surface area (Å²) in [5.41, 5.74) is -0.777. The van der Waals surface area contributed by atoms with E-state index in [1.54, 1.807) is 0 Å². The molecule has 1 aromatic carbocycles. The molecule has 0 heterocycles. The molecule has 6 heteroatoms. The zero-order valence-electron chi connectivity index (χ0n) is 10.3. The molecule has 1 fully saturated rings. The molecule has 1 aliphatic carbocycles. The molecule has 1 aliphatic rings. The van der Waals surface area contributed by atoms with Crippen LogP contribution in [0.5, 0.6) is 5.75 Å². The van der Waals surface area contributed by atoms with E-state index in [0.717, 1.165) is 12.5 Å². The van der Waals surface area contributed by atoms with Gasteiger partial charge in [0.2, 0.25) is 5.82 Å². The standard InChI is InChI=1S/C13H13BrF2O3/c1-18-11(17)7-13(3-2-4-13)19-10-6-8(14)5-9(15)12(10)16/h5-6H,2-4,7H2,1H3. The Kier molecular flexibility index (Phi) is 4.08. The Balaban J connectivity index is 2.21. The van der Waals surface area contributed by atoms with Crippen molar-refractivity contribution in [3.63, 3.8) is 0 Å². The van der Waals surface area contributed by atoms with Gasteiger partial charge in [0.15, 0.2) is 11.6 Å². The van der Waals surface area contributed by atoms with Gasteiger partial charge < -0.3 is 9.47 Å². The van der Waals surface area contributed by atoms with Crippen LogP contribution in [0.3, 0.4) is 0 Å². The van der Waals surface area contributed by atoms with Crippen LogP contribution in [0.2, 0.25) is 0 Å². The zero-order chi connectivity index (χ0) is 14.0. The lowest BCUT2D eigenvalue weighted by atomic mass is 9.77. The first-order valence-corrected chi connectivity index (χ1v) is 6.65. The molecule has 0 saturated heterocycles. The average Bonchev–Trinajstić information content (AvgIpc) is 2.32. The lowest BCUT2D eigenvalue weighted by Crippen LogP contribution is -2.45. The van der Waals surface area contributed by atoms with Crippen molar-refractivity contribution < 1.29 is 23.0 Å². The molecule has 2 rings (SSSR count). The second-order valence-corrected chi connectivity index (χ2v) is 5.51. The quantitative estimate of drug-likeness (QED) is 0.623. The van der Waals surface area contributed by atoms with Crippen LogP contribution in [0.1, 0.15) is 25.7 Å². The van der Waals surface area contributed by atoms with Gasteiger partial charge in [-0.2, -0.15) is 4.39 Å². The number of hydrogen-bond donors (Lipinski definition) is 0. The summed E-state index contributed by atoms with van der Waals surface area (Å²) < 4.78 is 37.5. The van der Waals surface area contributed by atoms with Crippen LogP contribution in [0.15, 0.2) is 16.6 Å². The second-order valence-electron chi connectivity index (χ2n) is 4.59. The molecule has 19 heavy (non-hydrogen) atoms. The van der Waals surface area contributed by atoms with Crippen molar-refractivity contribution in [3.8, 4) is 5.75 Å². The van der Waals surface area contributed by atoms with Gasteiger partial charge in [0, 0.05) is 4.47 Å². The molecule has 0 unspecified atom stereocenters. The van der Waals surface area contributed by atoms with Crippen molar-refractivity contribution in [1.29, 1.82) is 0 Å². The third-order valence-electron chi connectivity index (χ3n) is 3.25. The number of halogens is 3. The highest BCUT2D eigenvalue weighted by atomic mass is 79.9. The summed E-state index contributed by atoms with van der Waals surface area (Å²) in [5, 5.41) is 0. The Morgan fingerprint density at radius 1 is 1.42 bits per heavy atom. The van der Waals surface area contributed by atoms with Crippen LogP contribution in [-0.4, -0.2) is 18.7 Å². The van der Waals surface area contributed by atoms with Gasteiger partial charge in [-0.15, -0.1) is 0 Å². The molecule has 0 N–H and O–H groups in total. The number of rotatable bonds is 4. The first-order chi connectivity index (χ1) is 8.96. The maximum Gasteiger partial charge on any atom is 0.309 e. The van der Waals surface area contributed by atoms with Crippen LogP contribution in [-0.2, 0) is 9.53 Å². The van der Waals surface area contributed by atoms with Crippen molar-refractivity contribution in [2.45, 2.75) is 31.3 Å². The summed E-state index contributed by atoms with van der Waals surface area (Å²) in [6.07, 6.45) is 2.16. The number of carbonyl (C=O) groups excluding carboxylic acids is 1. The SMILES string of the molecule is COC(=O)CC1(Oc2cc(Br)cc(F)c2F)CCC1. The third-order valence-corrected chi connectivity index (χ3v) is 3.70.